The molecule has 0 heterocycles. The van der Waals surface area contributed by atoms with Gasteiger partial charge in [0.15, 0.2) is 0 Å². The first-order valence-electron chi connectivity index (χ1n) is 3.45. The van der Waals surface area contributed by atoms with Gasteiger partial charge >= 0.3 is 0 Å². The average Bonchev–Trinajstić information content (AvgIpc) is 2.07. The summed E-state index contributed by atoms with van der Waals surface area (Å²) >= 11 is 0. The predicted octanol–water partition coefficient (Wildman–Crippen LogP) is 1.07. The molecule has 3 N–H and O–H groups in total. The smallest absolute Gasteiger partial charge is 0.252 e. The first kappa shape index (κ1) is 8.33. The minimum absolute atomic E-state index is 0.121. The molecule has 0 aliphatic heterocycles. The van der Waals surface area contributed by atoms with Gasteiger partial charge < -0.3 is 10.8 Å². The molecule has 1 aromatic rings. The molecule has 0 bridgehead atoms. The molecule has 62 valence electrons. The van der Waals surface area contributed by atoms with E-state index in [1.165, 1.54) is 0 Å². The molecule has 0 aliphatic carbocycles. The zero-order valence-electron chi connectivity index (χ0n) is 6.40. The van der Waals surface area contributed by atoms with Crippen molar-refractivity contribution in [3.05, 3.63) is 42.2 Å². The fourth-order valence-corrected chi connectivity index (χ4v) is 0.898. The molecular formula is C9H9NO2. The normalized spacial score (nSPS) is 11.2. The Morgan fingerprint density at radius 3 is 2.33 bits per heavy atom. The molecule has 0 saturated carbocycles. The van der Waals surface area contributed by atoms with E-state index < -0.39 is 5.91 Å². The summed E-state index contributed by atoms with van der Waals surface area (Å²) in [6, 6.07) is 8.75. The second-order valence-corrected chi connectivity index (χ2v) is 2.27. The van der Waals surface area contributed by atoms with Crippen LogP contribution in [0.15, 0.2) is 36.6 Å². The quantitative estimate of drug-likeness (QED) is 0.506. The van der Waals surface area contributed by atoms with Crippen LogP contribution in [-0.4, -0.2) is 11.0 Å². The zero-order chi connectivity index (χ0) is 8.97. The van der Waals surface area contributed by atoms with Crippen molar-refractivity contribution in [3.8, 4) is 0 Å². The number of hydrogen-bond acceptors (Lipinski definition) is 2. The minimum atomic E-state index is -0.635. The van der Waals surface area contributed by atoms with Crippen LogP contribution in [0.3, 0.4) is 0 Å². The lowest BCUT2D eigenvalue weighted by atomic mass is 10.1. The van der Waals surface area contributed by atoms with Crippen molar-refractivity contribution in [3.63, 3.8) is 0 Å². The van der Waals surface area contributed by atoms with Gasteiger partial charge in [-0.2, -0.15) is 0 Å². The second kappa shape index (κ2) is 3.57. The van der Waals surface area contributed by atoms with Gasteiger partial charge in [0.25, 0.3) is 5.91 Å². The monoisotopic (exact) mass is 163 g/mol. The van der Waals surface area contributed by atoms with E-state index in [0.717, 1.165) is 6.26 Å². The molecule has 3 nitrogen and oxygen atoms in total. The number of carbonyl (C=O) groups excluding carboxylic acids is 1. The molecule has 0 aliphatic rings. The molecule has 1 amide bonds. The molecular weight excluding hydrogens is 154 g/mol. The molecule has 0 radical (unpaired) electrons. The van der Waals surface area contributed by atoms with Crippen LogP contribution in [-0.2, 0) is 4.79 Å². The Labute approximate surface area is 70.1 Å². The maximum absolute atomic E-state index is 10.7. The van der Waals surface area contributed by atoms with E-state index in [4.69, 9.17) is 10.8 Å². The van der Waals surface area contributed by atoms with Crippen molar-refractivity contribution < 1.29 is 9.90 Å². The van der Waals surface area contributed by atoms with E-state index in [1.807, 2.05) is 6.07 Å². The van der Waals surface area contributed by atoms with Crippen molar-refractivity contribution in [2.45, 2.75) is 0 Å². The Morgan fingerprint density at radius 1 is 1.33 bits per heavy atom. The molecule has 12 heavy (non-hydrogen) atoms. The maximum atomic E-state index is 10.7. The largest absolute Gasteiger partial charge is 0.515 e. The summed E-state index contributed by atoms with van der Waals surface area (Å²) in [7, 11) is 0. The summed E-state index contributed by atoms with van der Waals surface area (Å²) in [4.78, 5) is 10.7. The van der Waals surface area contributed by atoms with E-state index >= 15 is 0 Å². The van der Waals surface area contributed by atoms with Gasteiger partial charge in [-0.3, -0.25) is 4.79 Å². The van der Waals surface area contributed by atoms with Crippen LogP contribution in [0.1, 0.15) is 5.56 Å². The Balaban J connectivity index is 3.05. The van der Waals surface area contributed by atoms with Crippen LogP contribution in [0.4, 0.5) is 0 Å². The van der Waals surface area contributed by atoms with Gasteiger partial charge in [-0.15, -0.1) is 0 Å². The Bertz CT molecular complexity index is 304. The van der Waals surface area contributed by atoms with Gasteiger partial charge in [-0.25, -0.2) is 0 Å². The van der Waals surface area contributed by atoms with Gasteiger partial charge in [-0.05, 0) is 5.56 Å². The van der Waals surface area contributed by atoms with Crippen molar-refractivity contribution in [1.29, 1.82) is 0 Å². The fraction of sp³-hybridized carbons (Fsp3) is 0. The second-order valence-electron chi connectivity index (χ2n) is 2.27. The van der Waals surface area contributed by atoms with Crippen LogP contribution >= 0.6 is 0 Å². The number of nitrogens with two attached hydrogens (primary N) is 1. The predicted molar refractivity (Wildman–Crippen MR) is 46.2 cm³/mol. The van der Waals surface area contributed by atoms with E-state index in [9.17, 15) is 4.79 Å². The van der Waals surface area contributed by atoms with E-state index in [-0.39, 0.29) is 5.57 Å². The lowest BCUT2D eigenvalue weighted by Gasteiger charge is -1.99. The topological polar surface area (TPSA) is 63.3 Å². The van der Waals surface area contributed by atoms with E-state index in [0.29, 0.717) is 5.56 Å². The molecule has 0 saturated heterocycles. The number of amides is 1. The van der Waals surface area contributed by atoms with Crippen molar-refractivity contribution in [1.82, 2.24) is 0 Å². The molecule has 3 heteroatoms. The Hall–Kier alpha value is -1.77. The Kier molecular flexibility index (Phi) is 2.48. The Morgan fingerprint density at radius 2 is 1.92 bits per heavy atom. The summed E-state index contributed by atoms with van der Waals surface area (Å²) in [5.41, 5.74) is 5.75. The van der Waals surface area contributed by atoms with Crippen molar-refractivity contribution in [2.75, 3.05) is 0 Å². The van der Waals surface area contributed by atoms with Gasteiger partial charge in [0, 0.05) is 0 Å². The first-order chi connectivity index (χ1) is 5.75. The number of carbonyl (C=O) groups is 1. The van der Waals surface area contributed by atoms with Crippen LogP contribution in [0.5, 0.6) is 0 Å². The highest BCUT2D eigenvalue weighted by Crippen LogP contribution is 2.11. The third kappa shape index (κ3) is 1.63. The number of primary amides is 1. The molecule has 0 spiro atoms. The fourth-order valence-electron chi connectivity index (χ4n) is 0.898. The third-order valence-electron chi connectivity index (χ3n) is 1.48. The first-order valence-corrected chi connectivity index (χ1v) is 3.45. The lowest BCUT2D eigenvalue weighted by molar-refractivity contribution is -0.112. The summed E-state index contributed by atoms with van der Waals surface area (Å²) in [6.45, 7) is 0. The zero-order valence-corrected chi connectivity index (χ0v) is 6.40. The molecule has 0 fully saturated rings. The van der Waals surface area contributed by atoms with Crippen LogP contribution in [0.25, 0.3) is 5.57 Å². The molecule has 1 rings (SSSR count). The minimum Gasteiger partial charge on any atom is -0.515 e. The van der Waals surface area contributed by atoms with Gasteiger partial charge in [0.1, 0.15) is 0 Å². The molecule has 1 aromatic carbocycles. The van der Waals surface area contributed by atoms with Gasteiger partial charge in [-0.1, -0.05) is 30.3 Å². The van der Waals surface area contributed by atoms with Crippen LogP contribution in [0.2, 0.25) is 0 Å². The summed E-state index contributed by atoms with van der Waals surface area (Å²) < 4.78 is 0. The SMILES string of the molecule is NC(=O)C(=CO)c1ccccc1. The number of aliphatic hydroxyl groups is 1. The summed E-state index contributed by atoms with van der Waals surface area (Å²) in [5, 5.41) is 8.69. The maximum Gasteiger partial charge on any atom is 0.252 e. The number of aliphatic hydroxyl groups excluding tert-OH is 1. The summed E-state index contributed by atoms with van der Waals surface area (Å²) in [6.07, 6.45) is 0.720. The average molecular weight is 163 g/mol. The van der Waals surface area contributed by atoms with Crippen LogP contribution < -0.4 is 5.73 Å². The molecule has 0 atom stereocenters. The third-order valence-corrected chi connectivity index (χ3v) is 1.48. The highest BCUT2D eigenvalue weighted by atomic mass is 16.2. The lowest BCUT2D eigenvalue weighted by Crippen LogP contribution is -2.12. The number of benzene rings is 1. The molecule has 0 unspecified atom stereocenters. The van der Waals surface area contributed by atoms with Crippen LogP contribution in [0, 0.1) is 0 Å². The van der Waals surface area contributed by atoms with E-state index in [2.05, 4.69) is 0 Å². The van der Waals surface area contributed by atoms with Crippen molar-refractivity contribution >= 4 is 11.5 Å². The van der Waals surface area contributed by atoms with Gasteiger partial charge in [0.05, 0.1) is 11.8 Å². The highest BCUT2D eigenvalue weighted by Gasteiger charge is 2.06. The number of rotatable bonds is 2. The van der Waals surface area contributed by atoms with Gasteiger partial charge in [0.2, 0.25) is 0 Å². The molecule has 0 aromatic heterocycles. The number of hydrogen-bond donors (Lipinski definition) is 2. The highest BCUT2D eigenvalue weighted by molar-refractivity contribution is 6.18. The van der Waals surface area contributed by atoms with Crippen molar-refractivity contribution in [2.24, 2.45) is 5.73 Å². The van der Waals surface area contributed by atoms with E-state index in [1.54, 1.807) is 24.3 Å². The standard InChI is InChI=1S/C9H9NO2/c10-9(12)8(6-11)7-4-2-1-3-5-7/h1-6,11H,(H2,10,12). The summed E-state index contributed by atoms with van der Waals surface area (Å²) in [5.74, 6) is -0.635.